The fourth-order valence-corrected chi connectivity index (χ4v) is 2.83. The summed E-state index contributed by atoms with van der Waals surface area (Å²) in [7, 11) is 0. The summed E-state index contributed by atoms with van der Waals surface area (Å²) in [6.07, 6.45) is 4.15. The summed E-state index contributed by atoms with van der Waals surface area (Å²) in [4.78, 5) is 12.2. The van der Waals surface area contributed by atoms with Gasteiger partial charge in [-0.1, -0.05) is 25.0 Å². The van der Waals surface area contributed by atoms with Crippen molar-refractivity contribution < 1.29 is 13.6 Å². The molecule has 19 heavy (non-hydrogen) atoms. The van der Waals surface area contributed by atoms with Gasteiger partial charge in [0.25, 0.3) is 0 Å². The molecule has 0 amide bonds. The number of carbonyl (C=O) groups is 1. The summed E-state index contributed by atoms with van der Waals surface area (Å²) in [5.74, 6) is -0.378. The van der Waals surface area contributed by atoms with Crippen LogP contribution in [-0.4, -0.2) is 11.3 Å². The van der Waals surface area contributed by atoms with Gasteiger partial charge in [-0.25, -0.2) is 4.39 Å². The lowest BCUT2D eigenvalue weighted by Crippen LogP contribution is -2.38. The van der Waals surface area contributed by atoms with E-state index in [2.05, 4.69) is 0 Å². The summed E-state index contributed by atoms with van der Waals surface area (Å²) in [5, 5.41) is 0.612. The third kappa shape index (κ3) is 2.28. The topological polar surface area (TPSA) is 56.2 Å². The number of rotatable bonds is 3. The largest absolute Gasteiger partial charge is 0.450 e. The average molecular weight is 261 g/mol. The van der Waals surface area contributed by atoms with Crippen molar-refractivity contribution >= 4 is 16.8 Å². The molecule has 3 nitrogen and oxygen atoms in total. The lowest BCUT2D eigenvalue weighted by atomic mass is 9.91. The number of carbonyl (C=O) groups excluding carboxylic acids is 1. The van der Waals surface area contributed by atoms with Crippen LogP contribution < -0.4 is 5.73 Å². The van der Waals surface area contributed by atoms with Gasteiger partial charge in [-0.2, -0.15) is 0 Å². The number of para-hydroxylation sites is 1. The second-order valence-corrected chi connectivity index (χ2v) is 5.44. The van der Waals surface area contributed by atoms with Gasteiger partial charge < -0.3 is 10.2 Å². The Balaban J connectivity index is 1.87. The third-order valence-electron chi connectivity index (χ3n) is 3.88. The van der Waals surface area contributed by atoms with Crippen molar-refractivity contribution in [1.29, 1.82) is 0 Å². The summed E-state index contributed by atoms with van der Waals surface area (Å²) >= 11 is 0. The van der Waals surface area contributed by atoms with E-state index in [0.29, 0.717) is 5.39 Å². The van der Waals surface area contributed by atoms with Crippen molar-refractivity contribution in [1.82, 2.24) is 0 Å². The minimum atomic E-state index is -0.445. The third-order valence-corrected chi connectivity index (χ3v) is 3.88. The zero-order chi connectivity index (χ0) is 13.5. The number of benzene rings is 1. The first-order valence-corrected chi connectivity index (χ1v) is 6.58. The second kappa shape index (κ2) is 4.46. The fourth-order valence-electron chi connectivity index (χ4n) is 2.83. The molecule has 0 spiro atoms. The lowest BCUT2D eigenvalue weighted by Gasteiger charge is -2.21. The van der Waals surface area contributed by atoms with Gasteiger partial charge in [0.2, 0.25) is 0 Å². The molecule has 100 valence electrons. The highest BCUT2D eigenvalue weighted by atomic mass is 19.1. The van der Waals surface area contributed by atoms with Gasteiger partial charge in [0.05, 0.1) is 0 Å². The molecule has 0 atom stereocenters. The Morgan fingerprint density at radius 3 is 2.79 bits per heavy atom. The van der Waals surface area contributed by atoms with Gasteiger partial charge in [-0.15, -0.1) is 0 Å². The van der Waals surface area contributed by atoms with Gasteiger partial charge >= 0.3 is 0 Å². The molecule has 1 fully saturated rings. The Bertz CT molecular complexity index is 626. The number of hydrogen-bond donors (Lipinski definition) is 1. The van der Waals surface area contributed by atoms with E-state index in [9.17, 15) is 9.18 Å². The molecule has 1 saturated carbocycles. The number of ketones is 1. The molecule has 2 N–H and O–H groups in total. The maximum atomic E-state index is 13.5. The van der Waals surface area contributed by atoms with Crippen molar-refractivity contribution in [3.63, 3.8) is 0 Å². The van der Waals surface area contributed by atoms with Gasteiger partial charge in [0.15, 0.2) is 22.9 Å². The van der Waals surface area contributed by atoms with Crippen LogP contribution in [0.4, 0.5) is 4.39 Å². The van der Waals surface area contributed by atoms with Gasteiger partial charge in [-0.05, 0) is 25.0 Å². The summed E-state index contributed by atoms with van der Waals surface area (Å²) in [6.45, 7) is 0. The van der Waals surface area contributed by atoms with Crippen LogP contribution in [0.1, 0.15) is 42.7 Å². The van der Waals surface area contributed by atoms with E-state index in [1.165, 1.54) is 6.07 Å². The number of fused-ring (bicyclic) bond motifs is 1. The van der Waals surface area contributed by atoms with Crippen LogP contribution in [0, 0.1) is 5.82 Å². The zero-order valence-corrected chi connectivity index (χ0v) is 10.6. The molecule has 1 aliphatic carbocycles. The molecule has 0 unspecified atom stereocenters. The normalized spacial score (nSPS) is 18.0. The van der Waals surface area contributed by atoms with Crippen molar-refractivity contribution in [2.75, 3.05) is 0 Å². The van der Waals surface area contributed by atoms with E-state index in [1.807, 2.05) is 0 Å². The number of furan rings is 1. The molecular weight excluding hydrogens is 245 g/mol. The van der Waals surface area contributed by atoms with E-state index in [0.717, 1.165) is 25.7 Å². The Morgan fingerprint density at radius 1 is 1.37 bits per heavy atom. The van der Waals surface area contributed by atoms with Crippen LogP contribution in [0.5, 0.6) is 0 Å². The molecule has 1 aromatic carbocycles. The number of Topliss-reactive ketones (excluding diaryl/α,β-unsaturated/α-hetero) is 1. The minimum Gasteiger partial charge on any atom is -0.450 e. The molecular formula is C15H16FNO2. The van der Waals surface area contributed by atoms with Crippen LogP contribution >= 0.6 is 0 Å². The van der Waals surface area contributed by atoms with Gasteiger partial charge in [0.1, 0.15) is 0 Å². The summed E-state index contributed by atoms with van der Waals surface area (Å²) in [5.41, 5.74) is 5.92. The average Bonchev–Trinajstić information content (AvgIpc) is 2.96. The molecule has 1 aromatic heterocycles. The van der Waals surface area contributed by atoms with Crippen molar-refractivity contribution in [3.05, 3.63) is 35.8 Å². The van der Waals surface area contributed by atoms with E-state index in [4.69, 9.17) is 10.2 Å². The van der Waals surface area contributed by atoms with E-state index >= 15 is 0 Å². The SMILES string of the molecule is NC1(CC(=O)c2cc3cccc(F)c3o2)CCCC1. The van der Waals surface area contributed by atoms with Gasteiger partial charge in [0, 0.05) is 17.3 Å². The number of halogens is 1. The Labute approximate surface area is 110 Å². The minimum absolute atomic E-state index is 0.139. The first kappa shape index (κ1) is 12.4. The van der Waals surface area contributed by atoms with E-state index in [-0.39, 0.29) is 23.5 Å². The Morgan fingerprint density at radius 2 is 2.11 bits per heavy atom. The van der Waals surface area contributed by atoms with Crippen LogP contribution in [0.25, 0.3) is 11.0 Å². The highest BCUT2D eigenvalue weighted by Crippen LogP contribution is 2.32. The standard InChI is InChI=1S/C15H16FNO2/c16-11-5-3-4-10-8-13(19-14(10)11)12(18)9-15(17)6-1-2-7-15/h3-5,8H,1-2,6-7,9,17H2. The van der Waals surface area contributed by atoms with Crippen molar-refractivity contribution in [2.24, 2.45) is 5.73 Å². The molecule has 1 heterocycles. The van der Waals surface area contributed by atoms with Gasteiger partial charge in [-0.3, -0.25) is 4.79 Å². The van der Waals surface area contributed by atoms with Crippen LogP contribution in [0.15, 0.2) is 28.7 Å². The molecule has 0 bridgehead atoms. The maximum absolute atomic E-state index is 13.5. The summed E-state index contributed by atoms with van der Waals surface area (Å²) in [6, 6.07) is 6.25. The van der Waals surface area contributed by atoms with Crippen molar-refractivity contribution in [3.8, 4) is 0 Å². The first-order valence-electron chi connectivity index (χ1n) is 6.58. The molecule has 0 aliphatic heterocycles. The quantitative estimate of drug-likeness (QED) is 0.861. The molecule has 1 aliphatic rings. The maximum Gasteiger partial charge on any atom is 0.199 e. The first-order chi connectivity index (χ1) is 9.07. The number of hydrogen-bond acceptors (Lipinski definition) is 3. The van der Waals surface area contributed by atoms with E-state index in [1.54, 1.807) is 18.2 Å². The van der Waals surface area contributed by atoms with E-state index < -0.39 is 11.4 Å². The second-order valence-electron chi connectivity index (χ2n) is 5.44. The predicted octanol–water partition coefficient (Wildman–Crippen LogP) is 3.42. The van der Waals surface area contributed by atoms with Crippen LogP contribution in [0.2, 0.25) is 0 Å². The van der Waals surface area contributed by atoms with Crippen LogP contribution in [0.3, 0.4) is 0 Å². The Kier molecular flexibility index (Phi) is 2.90. The molecule has 3 rings (SSSR count). The van der Waals surface area contributed by atoms with Crippen LogP contribution in [-0.2, 0) is 0 Å². The summed E-state index contributed by atoms with van der Waals surface area (Å²) < 4.78 is 18.8. The zero-order valence-electron chi connectivity index (χ0n) is 10.6. The molecule has 0 radical (unpaired) electrons. The molecule has 2 aromatic rings. The predicted molar refractivity (Wildman–Crippen MR) is 70.5 cm³/mol. The number of nitrogens with two attached hydrogens (primary N) is 1. The highest BCUT2D eigenvalue weighted by Gasteiger charge is 2.33. The van der Waals surface area contributed by atoms with Crippen molar-refractivity contribution in [2.45, 2.75) is 37.6 Å². The Hall–Kier alpha value is -1.68. The molecule has 0 saturated heterocycles. The lowest BCUT2D eigenvalue weighted by molar-refractivity contribution is 0.0927. The fraction of sp³-hybridized carbons (Fsp3) is 0.400. The monoisotopic (exact) mass is 261 g/mol. The molecule has 4 heteroatoms. The highest BCUT2D eigenvalue weighted by molar-refractivity contribution is 5.98. The smallest absolute Gasteiger partial charge is 0.199 e.